The molecule has 0 radical (unpaired) electrons. The van der Waals surface area contributed by atoms with Crippen LogP contribution in [-0.2, 0) is 19.6 Å². The zero-order chi connectivity index (χ0) is 19.3. The molecule has 0 fully saturated rings. The van der Waals surface area contributed by atoms with E-state index >= 15 is 0 Å². The number of nitrogens with one attached hydrogen (secondary N) is 1. The molecule has 26 heavy (non-hydrogen) atoms. The molecule has 0 bridgehead atoms. The van der Waals surface area contributed by atoms with E-state index in [1.165, 1.54) is 43.3 Å². The van der Waals surface area contributed by atoms with Crippen molar-refractivity contribution in [2.75, 3.05) is 0 Å². The maximum atomic E-state index is 13.0. The summed E-state index contributed by atoms with van der Waals surface area (Å²) in [7, 11) is -3.83. The Morgan fingerprint density at radius 1 is 1.12 bits per heavy atom. The second-order valence-electron chi connectivity index (χ2n) is 6.04. The van der Waals surface area contributed by atoms with Crippen molar-refractivity contribution in [1.82, 2.24) is 4.72 Å². The van der Waals surface area contributed by atoms with Gasteiger partial charge in [0.2, 0.25) is 10.0 Å². The molecule has 0 amide bonds. The average Bonchev–Trinajstić information content (AvgIpc) is 2.60. The number of carbonyl (C=O) groups is 1. The number of hydrogen-bond donors (Lipinski definition) is 1. The van der Waals surface area contributed by atoms with Gasteiger partial charge in [-0.3, -0.25) is 4.79 Å². The summed E-state index contributed by atoms with van der Waals surface area (Å²) in [6, 6.07) is 10.9. The molecule has 0 aliphatic carbocycles. The summed E-state index contributed by atoms with van der Waals surface area (Å²) in [5.41, 5.74) is 1.58. The van der Waals surface area contributed by atoms with E-state index in [2.05, 4.69) is 4.72 Å². The standard InChI is InChI=1S/C19H22FNO4S/c1-4-18(15-7-9-16(20)10-8-15)25-19(22)14(3)21-26(23,24)17-11-5-13(2)6-12-17/h5-12,14,18,21H,4H2,1-3H3. The predicted molar refractivity (Wildman–Crippen MR) is 96.5 cm³/mol. The van der Waals surface area contributed by atoms with Gasteiger partial charge in [0.1, 0.15) is 18.0 Å². The van der Waals surface area contributed by atoms with E-state index in [9.17, 15) is 17.6 Å². The number of hydrogen-bond acceptors (Lipinski definition) is 4. The van der Waals surface area contributed by atoms with E-state index in [1.807, 2.05) is 13.8 Å². The van der Waals surface area contributed by atoms with Crippen LogP contribution in [0.1, 0.15) is 37.5 Å². The number of benzene rings is 2. The van der Waals surface area contributed by atoms with Crippen molar-refractivity contribution in [3.8, 4) is 0 Å². The maximum absolute atomic E-state index is 13.0. The van der Waals surface area contributed by atoms with Crippen LogP contribution in [0, 0.1) is 12.7 Å². The lowest BCUT2D eigenvalue weighted by Crippen LogP contribution is -2.39. The minimum Gasteiger partial charge on any atom is -0.456 e. The first-order valence-electron chi connectivity index (χ1n) is 8.28. The quantitative estimate of drug-likeness (QED) is 0.748. The van der Waals surface area contributed by atoms with Gasteiger partial charge in [0.05, 0.1) is 4.90 Å². The van der Waals surface area contributed by atoms with Crippen LogP contribution in [0.2, 0.25) is 0 Å². The van der Waals surface area contributed by atoms with Gasteiger partial charge >= 0.3 is 5.97 Å². The Balaban J connectivity index is 2.06. The molecule has 0 aliphatic rings. The third-order valence-corrected chi connectivity index (χ3v) is 5.44. The molecule has 0 aliphatic heterocycles. The van der Waals surface area contributed by atoms with Gasteiger partial charge in [-0.05, 0) is 50.1 Å². The number of carbonyl (C=O) groups excluding carboxylic acids is 1. The number of ether oxygens (including phenoxy) is 1. The molecule has 1 N–H and O–H groups in total. The van der Waals surface area contributed by atoms with Crippen LogP contribution in [0.4, 0.5) is 4.39 Å². The van der Waals surface area contributed by atoms with Crippen molar-refractivity contribution in [2.45, 2.75) is 44.2 Å². The van der Waals surface area contributed by atoms with Crippen molar-refractivity contribution in [2.24, 2.45) is 0 Å². The van der Waals surface area contributed by atoms with Gasteiger partial charge in [0.25, 0.3) is 0 Å². The van der Waals surface area contributed by atoms with Crippen molar-refractivity contribution >= 4 is 16.0 Å². The van der Waals surface area contributed by atoms with E-state index in [0.717, 1.165) is 5.56 Å². The van der Waals surface area contributed by atoms with Crippen LogP contribution >= 0.6 is 0 Å². The zero-order valence-corrected chi connectivity index (χ0v) is 15.7. The predicted octanol–water partition coefficient (Wildman–Crippen LogP) is 3.50. The van der Waals surface area contributed by atoms with Crippen LogP contribution < -0.4 is 4.72 Å². The molecule has 2 aromatic rings. The molecule has 5 nitrogen and oxygen atoms in total. The normalized spacial score (nSPS) is 13.8. The molecular formula is C19H22FNO4S. The van der Waals surface area contributed by atoms with Gasteiger partial charge in [-0.2, -0.15) is 4.72 Å². The van der Waals surface area contributed by atoms with Gasteiger partial charge in [0, 0.05) is 0 Å². The van der Waals surface area contributed by atoms with Crippen molar-refractivity contribution < 1.29 is 22.3 Å². The fourth-order valence-electron chi connectivity index (χ4n) is 2.37. The highest BCUT2D eigenvalue weighted by atomic mass is 32.2. The minimum absolute atomic E-state index is 0.0772. The molecule has 2 rings (SSSR count). The summed E-state index contributed by atoms with van der Waals surface area (Å²) in [5, 5.41) is 0. The fourth-order valence-corrected chi connectivity index (χ4v) is 3.57. The molecular weight excluding hydrogens is 357 g/mol. The molecule has 2 unspecified atom stereocenters. The Hall–Kier alpha value is -2.25. The Bertz CT molecular complexity index is 848. The van der Waals surface area contributed by atoms with Crippen molar-refractivity contribution in [1.29, 1.82) is 0 Å². The van der Waals surface area contributed by atoms with Crippen LogP contribution in [0.3, 0.4) is 0 Å². The molecule has 140 valence electrons. The lowest BCUT2D eigenvalue weighted by atomic mass is 10.1. The number of esters is 1. The number of halogens is 1. The number of rotatable bonds is 7. The van der Waals surface area contributed by atoms with Gasteiger partial charge in [-0.1, -0.05) is 36.8 Å². The molecule has 0 aromatic heterocycles. The zero-order valence-electron chi connectivity index (χ0n) is 14.9. The Morgan fingerprint density at radius 2 is 1.69 bits per heavy atom. The van der Waals surface area contributed by atoms with Crippen molar-refractivity contribution in [3.05, 3.63) is 65.5 Å². The lowest BCUT2D eigenvalue weighted by Gasteiger charge is -2.20. The average molecular weight is 379 g/mol. The van der Waals surface area contributed by atoms with E-state index in [1.54, 1.807) is 12.1 Å². The minimum atomic E-state index is -3.83. The van der Waals surface area contributed by atoms with Crippen LogP contribution in [0.5, 0.6) is 0 Å². The summed E-state index contributed by atoms with van der Waals surface area (Å²) in [6.45, 7) is 5.10. The molecule has 2 aromatic carbocycles. The van der Waals surface area contributed by atoms with Gasteiger partial charge in [0.15, 0.2) is 0 Å². The highest BCUT2D eigenvalue weighted by molar-refractivity contribution is 7.89. The van der Waals surface area contributed by atoms with Crippen molar-refractivity contribution in [3.63, 3.8) is 0 Å². The molecule has 7 heteroatoms. The second kappa shape index (κ2) is 8.42. The lowest BCUT2D eigenvalue weighted by molar-refractivity contribution is -0.151. The smallest absolute Gasteiger partial charge is 0.324 e. The molecule has 2 atom stereocenters. The van der Waals surface area contributed by atoms with Crippen LogP contribution in [-0.4, -0.2) is 20.4 Å². The Kier molecular flexibility index (Phi) is 6.50. The Morgan fingerprint density at radius 3 is 2.23 bits per heavy atom. The molecule has 0 saturated heterocycles. The monoisotopic (exact) mass is 379 g/mol. The fraction of sp³-hybridized carbons (Fsp3) is 0.316. The number of sulfonamides is 1. The van der Waals surface area contributed by atoms with Gasteiger partial charge < -0.3 is 4.74 Å². The van der Waals surface area contributed by atoms with Gasteiger partial charge in [-0.25, -0.2) is 12.8 Å². The summed E-state index contributed by atoms with van der Waals surface area (Å²) < 4.78 is 45.5. The summed E-state index contributed by atoms with van der Waals surface area (Å²) >= 11 is 0. The number of aryl methyl sites for hydroxylation is 1. The Labute approximate surface area is 153 Å². The SMILES string of the molecule is CCC(OC(=O)C(C)NS(=O)(=O)c1ccc(C)cc1)c1ccc(F)cc1. The summed E-state index contributed by atoms with van der Waals surface area (Å²) in [4.78, 5) is 12.4. The summed E-state index contributed by atoms with van der Waals surface area (Å²) in [6.07, 6.45) is -0.0936. The van der Waals surface area contributed by atoms with Gasteiger partial charge in [-0.15, -0.1) is 0 Å². The second-order valence-corrected chi connectivity index (χ2v) is 7.76. The van der Waals surface area contributed by atoms with Crippen LogP contribution in [0.25, 0.3) is 0 Å². The molecule has 0 heterocycles. The first-order valence-corrected chi connectivity index (χ1v) is 9.76. The third kappa shape index (κ3) is 5.12. The van der Waals surface area contributed by atoms with E-state index < -0.39 is 28.1 Å². The van der Waals surface area contributed by atoms with Crippen LogP contribution in [0.15, 0.2) is 53.4 Å². The molecule has 0 saturated carbocycles. The van der Waals surface area contributed by atoms with E-state index in [4.69, 9.17) is 4.74 Å². The maximum Gasteiger partial charge on any atom is 0.324 e. The highest BCUT2D eigenvalue weighted by Gasteiger charge is 2.25. The van der Waals surface area contributed by atoms with E-state index in [0.29, 0.717) is 12.0 Å². The largest absolute Gasteiger partial charge is 0.456 e. The summed E-state index contributed by atoms with van der Waals surface area (Å²) in [5.74, 6) is -1.08. The highest BCUT2D eigenvalue weighted by Crippen LogP contribution is 2.22. The topological polar surface area (TPSA) is 72.5 Å². The first kappa shape index (κ1) is 20.1. The molecule has 0 spiro atoms. The van der Waals surface area contributed by atoms with E-state index in [-0.39, 0.29) is 10.7 Å². The first-order chi connectivity index (χ1) is 12.2. The third-order valence-electron chi connectivity index (χ3n) is 3.89.